The SMILES string of the molecule is O=c1[nH]c(-c2ccc([N+](=O)[O-])cc2)ccc1CBr. The number of hydrogen-bond acceptors (Lipinski definition) is 3. The van der Waals surface area contributed by atoms with E-state index in [1.807, 2.05) is 0 Å². The van der Waals surface area contributed by atoms with Gasteiger partial charge >= 0.3 is 0 Å². The largest absolute Gasteiger partial charge is 0.322 e. The lowest BCUT2D eigenvalue weighted by molar-refractivity contribution is -0.384. The van der Waals surface area contributed by atoms with Crippen LogP contribution < -0.4 is 5.56 Å². The zero-order chi connectivity index (χ0) is 13.1. The maximum atomic E-state index is 11.6. The number of pyridine rings is 1. The Kier molecular flexibility index (Phi) is 3.57. The normalized spacial score (nSPS) is 10.3. The molecule has 0 saturated heterocycles. The van der Waals surface area contributed by atoms with Gasteiger partial charge in [-0.3, -0.25) is 14.9 Å². The minimum absolute atomic E-state index is 0.0261. The number of aromatic amines is 1. The van der Waals surface area contributed by atoms with Crippen LogP contribution in [0.1, 0.15) is 5.56 Å². The van der Waals surface area contributed by atoms with Crippen molar-refractivity contribution in [2.45, 2.75) is 5.33 Å². The van der Waals surface area contributed by atoms with E-state index in [4.69, 9.17) is 0 Å². The number of nitrogens with one attached hydrogen (secondary N) is 1. The lowest BCUT2D eigenvalue weighted by atomic mass is 10.1. The topological polar surface area (TPSA) is 76.0 Å². The fraction of sp³-hybridized carbons (Fsp3) is 0.0833. The molecule has 1 heterocycles. The van der Waals surface area contributed by atoms with Crippen LogP contribution in [0.25, 0.3) is 11.3 Å². The van der Waals surface area contributed by atoms with Gasteiger partial charge in [0, 0.05) is 28.7 Å². The van der Waals surface area contributed by atoms with Crippen LogP contribution in [0.15, 0.2) is 41.2 Å². The van der Waals surface area contributed by atoms with Crippen LogP contribution in [0.5, 0.6) is 0 Å². The first kappa shape index (κ1) is 12.5. The second-order valence-electron chi connectivity index (χ2n) is 3.66. The van der Waals surface area contributed by atoms with E-state index < -0.39 is 4.92 Å². The molecule has 1 aromatic carbocycles. The third-order valence-electron chi connectivity index (χ3n) is 2.52. The first-order valence-corrected chi connectivity index (χ1v) is 6.27. The highest BCUT2D eigenvalue weighted by atomic mass is 79.9. The van der Waals surface area contributed by atoms with Crippen LogP contribution in [0.3, 0.4) is 0 Å². The summed E-state index contributed by atoms with van der Waals surface area (Å²) in [6, 6.07) is 9.54. The van der Waals surface area contributed by atoms with Crippen LogP contribution in [0, 0.1) is 10.1 Å². The van der Waals surface area contributed by atoms with E-state index in [1.165, 1.54) is 12.1 Å². The van der Waals surface area contributed by atoms with Gasteiger partial charge in [0.15, 0.2) is 0 Å². The first-order valence-electron chi connectivity index (χ1n) is 5.15. The second kappa shape index (κ2) is 5.14. The summed E-state index contributed by atoms with van der Waals surface area (Å²) in [6.45, 7) is 0. The number of nitro groups is 1. The zero-order valence-electron chi connectivity index (χ0n) is 9.22. The number of alkyl halides is 1. The van der Waals surface area contributed by atoms with Crippen molar-refractivity contribution < 1.29 is 4.92 Å². The summed E-state index contributed by atoms with van der Waals surface area (Å²) < 4.78 is 0. The molecule has 0 amide bonds. The van der Waals surface area contributed by atoms with Crippen molar-refractivity contribution in [2.24, 2.45) is 0 Å². The summed E-state index contributed by atoms with van der Waals surface area (Å²) in [6.07, 6.45) is 0. The monoisotopic (exact) mass is 308 g/mol. The summed E-state index contributed by atoms with van der Waals surface area (Å²) in [5.41, 5.74) is 1.87. The molecule has 5 nitrogen and oxygen atoms in total. The van der Waals surface area contributed by atoms with Crippen molar-refractivity contribution in [2.75, 3.05) is 0 Å². The molecular formula is C12H9BrN2O3. The van der Waals surface area contributed by atoms with E-state index in [0.29, 0.717) is 16.6 Å². The van der Waals surface area contributed by atoms with Crippen molar-refractivity contribution >= 4 is 21.6 Å². The Morgan fingerprint density at radius 1 is 1.17 bits per heavy atom. The number of benzene rings is 1. The van der Waals surface area contributed by atoms with Gasteiger partial charge in [-0.15, -0.1) is 0 Å². The number of nitrogens with zero attached hydrogens (tertiary/aromatic N) is 1. The number of nitro benzene ring substituents is 1. The average molecular weight is 309 g/mol. The molecule has 0 aliphatic carbocycles. The molecule has 0 unspecified atom stereocenters. The Morgan fingerprint density at radius 3 is 2.33 bits per heavy atom. The molecule has 0 atom stereocenters. The molecule has 0 spiro atoms. The Hall–Kier alpha value is -1.95. The quantitative estimate of drug-likeness (QED) is 0.538. The van der Waals surface area contributed by atoms with Gasteiger partial charge in [0.2, 0.25) is 0 Å². The Morgan fingerprint density at radius 2 is 1.83 bits per heavy atom. The minimum atomic E-state index is -0.458. The van der Waals surface area contributed by atoms with Gasteiger partial charge in [-0.1, -0.05) is 22.0 Å². The predicted molar refractivity (Wildman–Crippen MR) is 71.8 cm³/mol. The molecular weight excluding hydrogens is 300 g/mol. The first-order chi connectivity index (χ1) is 8.61. The van der Waals surface area contributed by atoms with E-state index in [0.717, 1.165) is 5.56 Å². The molecule has 92 valence electrons. The smallest absolute Gasteiger partial charge is 0.269 e. The number of H-pyrrole nitrogens is 1. The van der Waals surface area contributed by atoms with E-state index >= 15 is 0 Å². The zero-order valence-corrected chi connectivity index (χ0v) is 10.8. The van der Waals surface area contributed by atoms with Gasteiger partial charge in [0.25, 0.3) is 11.2 Å². The van der Waals surface area contributed by atoms with Crippen LogP contribution >= 0.6 is 15.9 Å². The maximum Gasteiger partial charge on any atom is 0.269 e. The summed E-state index contributed by atoms with van der Waals surface area (Å²) in [4.78, 5) is 24.4. The van der Waals surface area contributed by atoms with Crippen LogP contribution in [0.2, 0.25) is 0 Å². The van der Waals surface area contributed by atoms with Crippen LogP contribution in [-0.4, -0.2) is 9.91 Å². The van der Waals surface area contributed by atoms with Crippen LogP contribution in [0.4, 0.5) is 5.69 Å². The molecule has 1 N–H and O–H groups in total. The van der Waals surface area contributed by atoms with Gasteiger partial charge in [-0.2, -0.15) is 0 Å². The minimum Gasteiger partial charge on any atom is -0.322 e. The molecule has 0 bridgehead atoms. The van der Waals surface area contributed by atoms with Gasteiger partial charge in [0.05, 0.1) is 4.92 Å². The summed E-state index contributed by atoms with van der Waals surface area (Å²) in [5.74, 6) is 0. The van der Waals surface area contributed by atoms with Crippen molar-refractivity contribution in [1.29, 1.82) is 0 Å². The van der Waals surface area contributed by atoms with E-state index in [-0.39, 0.29) is 11.2 Å². The standard InChI is InChI=1S/C12H9BrN2O3/c13-7-9-3-6-11(14-12(9)16)8-1-4-10(5-2-8)15(17)18/h1-6H,7H2,(H,14,16). The van der Waals surface area contributed by atoms with E-state index in [9.17, 15) is 14.9 Å². The molecule has 0 radical (unpaired) electrons. The highest BCUT2D eigenvalue weighted by Gasteiger charge is 2.06. The van der Waals surface area contributed by atoms with Gasteiger partial charge in [-0.25, -0.2) is 0 Å². The van der Waals surface area contributed by atoms with E-state index in [1.54, 1.807) is 24.3 Å². The molecule has 0 fully saturated rings. The summed E-state index contributed by atoms with van der Waals surface area (Å²) in [7, 11) is 0. The highest BCUT2D eigenvalue weighted by molar-refractivity contribution is 9.08. The third-order valence-corrected chi connectivity index (χ3v) is 3.13. The Balaban J connectivity index is 2.40. The van der Waals surface area contributed by atoms with Gasteiger partial charge in [-0.05, 0) is 23.8 Å². The summed E-state index contributed by atoms with van der Waals surface area (Å²) in [5, 5.41) is 11.0. The lowest BCUT2D eigenvalue weighted by Gasteiger charge is -2.02. The lowest BCUT2D eigenvalue weighted by Crippen LogP contribution is -2.11. The molecule has 0 aliphatic heterocycles. The summed E-state index contributed by atoms with van der Waals surface area (Å²) >= 11 is 3.22. The van der Waals surface area contributed by atoms with Crippen molar-refractivity contribution in [3.05, 3.63) is 62.4 Å². The molecule has 2 aromatic rings. The average Bonchev–Trinajstić information content (AvgIpc) is 2.38. The number of aromatic nitrogens is 1. The van der Waals surface area contributed by atoms with Crippen molar-refractivity contribution in [1.82, 2.24) is 4.98 Å². The Bertz CT molecular complexity index is 635. The number of hydrogen-bond donors (Lipinski definition) is 1. The van der Waals surface area contributed by atoms with Crippen molar-refractivity contribution in [3.8, 4) is 11.3 Å². The molecule has 1 aromatic heterocycles. The second-order valence-corrected chi connectivity index (χ2v) is 4.22. The maximum absolute atomic E-state index is 11.6. The molecule has 18 heavy (non-hydrogen) atoms. The fourth-order valence-corrected chi connectivity index (χ4v) is 1.98. The Labute approximate surface area is 111 Å². The van der Waals surface area contributed by atoms with Gasteiger partial charge in [0.1, 0.15) is 0 Å². The van der Waals surface area contributed by atoms with E-state index in [2.05, 4.69) is 20.9 Å². The number of halogens is 1. The molecule has 0 aliphatic rings. The fourth-order valence-electron chi connectivity index (χ4n) is 1.54. The highest BCUT2D eigenvalue weighted by Crippen LogP contribution is 2.20. The predicted octanol–water partition coefficient (Wildman–Crippen LogP) is 2.85. The third kappa shape index (κ3) is 2.48. The molecule has 6 heteroatoms. The molecule has 0 saturated carbocycles. The van der Waals surface area contributed by atoms with Crippen LogP contribution in [-0.2, 0) is 5.33 Å². The van der Waals surface area contributed by atoms with Crippen molar-refractivity contribution in [3.63, 3.8) is 0 Å². The molecule has 2 rings (SSSR count). The number of rotatable bonds is 3. The number of non-ortho nitro benzene ring substituents is 1. The van der Waals surface area contributed by atoms with Gasteiger partial charge < -0.3 is 4.98 Å².